The molecular weight excluding hydrogens is 348 g/mol. The number of primary amides is 1. The third-order valence-corrected chi connectivity index (χ3v) is 6.06. The number of aliphatic hydroxyl groups is 1. The van der Waals surface area contributed by atoms with E-state index in [9.17, 15) is 9.90 Å². The highest BCUT2D eigenvalue weighted by Gasteiger charge is 2.49. The molecule has 0 bridgehead atoms. The lowest BCUT2D eigenvalue weighted by atomic mass is 9.66. The molecule has 1 heterocycles. The molecule has 1 saturated carbocycles. The molecule has 3 N–H and O–H groups in total. The molecule has 150 valence electrons. The van der Waals surface area contributed by atoms with E-state index in [0.717, 1.165) is 31.2 Å². The van der Waals surface area contributed by atoms with Crippen LogP contribution in [0.3, 0.4) is 0 Å². The van der Waals surface area contributed by atoms with E-state index in [1.54, 1.807) is 21.3 Å². The number of rotatable bonds is 6. The Bertz CT molecular complexity index is 670. The zero-order valence-corrected chi connectivity index (χ0v) is 16.4. The summed E-state index contributed by atoms with van der Waals surface area (Å²) in [6, 6.07) is 3.70. The molecule has 7 heteroatoms. The maximum absolute atomic E-state index is 11.7. The van der Waals surface area contributed by atoms with Crippen molar-refractivity contribution in [3.63, 3.8) is 0 Å². The van der Waals surface area contributed by atoms with E-state index in [1.807, 2.05) is 12.1 Å². The first-order valence-corrected chi connectivity index (χ1v) is 9.48. The molecule has 0 spiro atoms. The van der Waals surface area contributed by atoms with Crippen LogP contribution in [0.2, 0.25) is 0 Å². The molecule has 2 fully saturated rings. The van der Waals surface area contributed by atoms with E-state index in [0.29, 0.717) is 30.2 Å². The van der Waals surface area contributed by atoms with Crippen LogP contribution in [-0.2, 0) is 4.79 Å². The Morgan fingerprint density at radius 1 is 1.19 bits per heavy atom. The average Bonchev–Trinajstić information content (AvgIpc) is 2.66. The molecule has 1 aromatic rings. The van der Waals surface area contributed by atoms with Crippen molar-refractivity contribution in [2.24, 2.45) is 11.7 Å². The van der Waals surface area contributed by atoms with E-state index in [2.05, 4.69) is 4.90 Å². The summed E-state index contributed by atoms with van der Waals surface area (Å²) < 4.78 is 16.5. The van der Waals surface area contributed by atoms with Crippen LogP contribution in [0.25, 0.3) is 0 Å². The fourth-order valence-corrected chi connectivity index (χ4v) is 4.84. The van der Waals surface area contributed by atoms with Crippen LogP contribution in [0.4, 0.5) is 0 Å². The molecular formula is C20H30N2O5. The number of carbonyl (C=O) groups excluding carboxylic acids is 1. The fourth-order valence-electron chi connectivity index (χ4n) is 4.84. The number of nitrogens with two attached hydrogens (primary N) is 1. The maximum atomic E-state index is 11.7. The second-order valence-electron chi connectivity index (χ2n) is 7.55. The standard InChI is InChI=1S/C20H30N2O5/c1-25-15-10-13(11-16(26-2)19(15)27-3)18-14-6-4-5-7-20(14,24)8-9-22(18)12-17(21)23/h10-11,14,18,24H,4-9,12H2,1-3H3,(H2,21,23)/t14-,18+,20+/m0/s1. The van der Waals surface area contributed by atoms with Gasteiger partial charge in [-0.15, -0.1) is 0 Å². The van der Waals surface area contributed by atoms with Gasteiger partial charge >= 0.3 is 0 Å². The Kier molecular flexibility index (Phi) is 5.81. The van der Waals surface area contributed by atoms with Gasteiger partial charge < -0.3 is 25.1 Å². The molecule has 1 aliphatic carbocycles. The van der Waals surface area contributed by atoms with E-state index >= 15 is 0 Å². The van der Waals surface area contributed by atoms with Crippen LogP contribution < -0.4 is 19.9 Å². The van der Waals surface area contributed by atoms with Gasteiger partial charge in [0.1, 0.15) is 0 Å². The molecule has 1 aliphatic heterocycles. The lowest BCUT2D eigenvalue weighted by Gasteiger charge is -2.52. The Morgan fingerprint density at radius 2 is 1.85 bits per heavy atom. The molecule has 1 aromatic carbocycles. The second kappa shape index (κ2) is 7.94. The number of piperidine rings is 1. The summed E-state index contributed by atoms with van der Waals surface area (Å²) >= 11 is 0. The molecule has 0 aromatic heterocycles. The van der Waals surface area contributed by atoms with Crippen LogP contribution >= 0.6 is 0 Å². The van der Waals surface area contributed by atoms with Gasteiger partial charge in [-0.3, -0.25) is 9.69 Å². The van der Waals surface area contributed by atoms with Crippen molar-refractivity contribution in [2.45, 2.75) is 43.7 Å². The zero-order valence-electron chi connectivity index (χ0n) is 16.4. The number of hydrogen-bond acceptors (Lipinski definition) is 6. The van der Waals surface area contributed by atoms with Crippen molar-refractivity contribution >= 4 is 5.91 Å². The topological polar surface area (TPSA) is 94.2 Å². The Balaban J connectivity index is 2.09. The van der Waals surface area contributed by atoms with Gasteiger partial charge in [0.05, 0.1) is 33.5 Å². The minimum Gasteiger partial charge on any atom is -0.493 e. The number of methoxy groups -OCH3 is 3. The number of carbonyl (C=O) groups is 1. The Hall–Kier alpha value is -1.99. The Morgan fingerprint density at radius 3 is 2.41 bits per heavy atom. The average molecular weight is 378 g/mol. The highest BCUT2D eigenvalue weighted by Crippen LogP contribution is 2.51. The molecule has 1 amide bonds. The number of ether oxygens (including phenoxy) is 3. The van der Waals surface area contributed by atoms with Crippen molar-refractivity contribution in [3.8, 4) is 17.2 Å². The van der Waals surface area contributed by atoms with Crippen LogP contribution in [0, 0.1) is 5.92 Å². The van der Waals surface area contributed by atoms with Crippen molar-refractivity contribution in [2.75, 3.05) is 34.4 Å². The van der Waals surface area contributed by atoms with E-state index < -0.39 is 5.60 Å². The summed E-state index contributed by atoms with van der Waals surface area (Å²) in [5.41, 5.74) is 5.74. The molecule has 27 heavy (non-hydrogen) atoms. The van der Waals surface area contributed by atoms with Gasteiger partial charge in [-0.25, -0.2) is 0 Å². The van der Waals surface area contributed by atoms with Gasteiger partial charge in [0, 0.05) is 18.5 Å². The highest BCUT2D eigenvalue weighted by atomic mass is 16.5. The van der Waals surface area contributed by atoms with E-state index in [1.165, 1.54) is 0 Å². The smallest absolute Gasteiger partial charge is 0.231 e. The molecule has 3 atom stereocenters. The third kappa shape index (κ3) is 3.71. The SMILES string of the molecule is COc1cc([C@@H]2[C@@H]3CCCC[C@@]3(O)CCN2CC(N)=O)cc(OC)c1OC. The zero-order chi connectivity index (χ0) is 19.6. The summed E-state index contributed by atoms with van der Waals surface area (Å²) in [6.45, 7) is 0.783. The van der Waals surface area contributed by atoms with Crippen LogP contribution in [-0.4, -0.2) is 55.9 Å². The highest BCUT2D eigenvalue weighted by molar-refractivity contribution is 5.76. The maximum Gasteiger partial charge on any atom is 0.231 e. The fraction of sp³-hybridized carbons (Fsp3) is 0.650. The van der Waals surface area contributed by atoms with Gasteiger partial charge in [-0.1, -0.05) is 12.8 Å². The molecule has 1 saturated heterocycles. The number of fused-ring (bicyclic) bond motifs is 1. The molecule has 0 radical (unpaired) electrons. The lowest BCUT2D eigenvalue weighted by molar-refractivity contribution is -0.136. The number of likely N-dealkylation sites (tertiary alicyclic amines) is 1. The normalized spacial score (nSPS) is 28.3. The summed E-state index contributed by atoms with van der Waals surface area (Å²) in [5.74, 6) is 1.32. The summed E-state index contributed by atoms with van der Waals surface area (Å²) in [5, 5.41) is 11.3. The molecule has 2 aliphatic rings. The summed E-state index contributed by atoms with van der Waals surface area (Å²) in [4.78, 5) is 13.8. The van der Waals surface area contributed by atoms with Gasteiger partial charge in [-0.2, -0.15) is 0 Å². The minimum absolute atomic E-state index is 0.0298. The van der Waals surface area contributed by atoms with Crippen molar-refractivity contribution in [1.82, 2.24) is 4.90 Å². The first kappa shape index (κ1) is 19.8. The van der Waals surface area contributed by atoms with E-state index in [4.69, 9.17) is 19.9 Å². The number of benzene rings is 1. The number of amides is 1. The van der Waals surface area contributed by atoms with Crippen molar-refractivity contribution in [3.05, 3.63) is 17.7 Å². The van der Waals surface area contributed by atoms with Crippen molar-refractivity contribution < 1.29 is 24.1 Å². The second-order valence-corrected chi connectivity index (χ2v) is 7.55. The predicted molar refractivity (Wildman–Crippen MR) is 101 cm³/mol. The van der Waals surface area contributed by atoms with Crippen LogP contribution in [0.15, 0.2) is 12.1 Å². The van der Waals surface area contributed by atoms with Gasteiger partial charge in [0.2, 0.25) is 11.7 Å². The lowest BCUT2D eigenvalue weighted by Crippen LogP contribution is -2.56. The van der Waals surface area contributed by atoms with E-state index in [-0.39, 0.29) is 24.4 Å². The number of nitrogens with zero attached hydrogens (tertiary/aromatic N) is 1. The van der Waals surface area contributed by atoms with Gasteiger partial charge in [0.15, 0.2) is 11.5 Å². The van der Waals surface area contributed by atoms with Gasteiger partial charge in [0.25, 0.3) is 0 Å². The third-order valence-electron chi connectivity index (χ3n) is 6.06. The largest absolute Gasteiger partial charge is 0.493 e. The minimum atomic E-state index is -0.711. The first-order chi connectivity index (χ1) is 12.9. The molecule has 0 unspecified atom stereocenters. The number of hydrogen-bond donors (Lipinski definition) is 2. The first-order valence-electron chi connectivity index (χ1n) is 9.48. The summed E-state index contributed by atoms with van der Waals surface area (Å²) in [6.07, 6.45) is 4.46. The Labute approximate surface area is 160 Å². The van der Waals surface area contributed by atoms with Crippen molar-refractivity contribution in [1.29, 1.82) is 0 Å². The summed E-state index contributed by atoms with van der Waals surface area (Å²) in [7, 11) is 4.74. The van der Waals surface area contributed by atoms with Crippen LogP contribution in [0.1, 0.15) is 43.7 Å². The van der Waals surface area contributed by atoms with Crippen LogP contribution in [0.5, 0.6) is 17.2 Å². The molecule has 3 rings (SSSR count). The molecule has 7 nitrogen and oxygen atoms in total. The monoisotopic (exact) mass is 378 g/mol. The predicted octanol–water partition coefficient (Wildman–Crippen LogP) is 1.87. The van der Waals surface area contributed by atoms with Gasteiger partial charge in [-0.05, 0) is 37.0 Å². The quantitative estimate of drug-likeness (QED) is 0.785.